The van der Waals surface area contributed by atoms with Crippen molar-refractivity contribution in [3.8, 4) is 0 Å². The predicted octanol–water partition coefficient (Wildman–Crippen LogP) is 4.68. The number of aliphatic hydroxyl groups excluding tert-OH is 1. The SMILES string of the molecule is CCC1CCC(C(O)C2CCCc3ccccc32)CC1. The predicted molar refractivity (Wildman–Crippen MR) is 83.9 cm³/mol. The molecule has 0 saturated heterocycles. The summed E-state index contributed by atoms with van der Waals surface area (Å²) in [6.45, 7) is 2.30. The van der Waals surface area contributed by atoms with Gasteiger partial charge >= 0.3 is 0 Å². The highest BCUT2D eigenvalue weighted by Crippen LogP contribution is 2.41. The average Bonchev–Trinajstić information content (AvgIpc) is 2.54. The Morgan fingerprint density at radius 1 is 1.10 bits per heavy atom. The molecule has 1 N–H and O–H groups in total. The Morgan fingerprint density at radius 3 is 2.60 bits per heavy atom. The third-order valence-electron chi connectivity index (χ3n) is 5.78. The quantitative estimate of drug-likeness (QED) is 0.846. The van der Waals surface area contributed by atoms with Gasteiger partial charge < -0.3 is 5.11 Å². The molecule has 1 nitrogen and oxygen atoms in total. The van der Waals surface area contributed by atoms with Crippen LogP contribution in [0.1, 0.15) is 68.9 Å². The summed E-state index contributed by atoms with van der Waals surface area (Å²) < 4.78 is 0. The molecule has 2 aliphatic carbocycles. The van der Waals surface area contributed by atoms with E-state index in [1.807, 2.05) is 0 Å². The Hall–Kier alpha value is -0.820. The smallest absolute Gasteiger partial charge is 0.0636 e. The molecule has 1 saturated carbocycles. The van der Waals surface area contributed by atoms with Gasteiger partial charge in [-0.15, -0.1) is 0 Å². The second-order valence-electron chi connectivity index (χ2n) is 6.88. The summed E-state index contributed by atoms with van der Waals surface area (Å²) in [5, 5.41) is 10.9. The maximum atomic E-state index is 10.9. The minimum absolute atomic E-state index is 0.116. The van der Waals surface area contributed by atoms with Gasteiger partial charge in [-0.3, -0.25) is 0 Å². The van der Waals surface area contributed by atoms with E-state index in [1.165, 1.54) is 62.5 Å². The number of aryl methyl sites for hydroxylation is 1. The summed E-state index contributed by atoms with van der Waals surface area (Å²) in [5.41, 5.74) is 2.91. The van der Waals surface area contributed by atoms with Crippen LogP contribution in [0.4, 0.5) is 0 Å². The summed E-state index contributed by atoms with van der Waals surface area (Å²) in [6.07, 6.45) is 9.93. The number of fused-ring (bicyclic) bond motifs is 1. The lowest BCUT2D eigenvalue weighted by atomic mass is 9.71. The Morgan fingerprint density at radius 2 is 1.85 bits per heavy atom. The first-order valence-electron chi connectivity index (χ1n) is 8.55. The summed E-state index contributed by atoms with van der Waals surface area (Å²) in [5.74, 6) is 1.84. The van der Waals surface area contributed by atoms with E-state index in [0.717, 1.165) is 5.92 Å². The Balaban J connectivity index is 1.71. The normalized spacial score (nSPS) is 31.6. The molecule has 2 atom stereocenters. The number of benzene rings is 1. The Labute approximate surface area is 123 Å². The van der Waals surface area contributed by atoms with Crippen molar-refractivity contribution in [1.29, 1.82) is 0 Å². The molecular formula is C19H28O. The molecule has 0 amide bonds. The topological polar surface area (TPSA) is 20.2 Å². The number of rotatable bonds is 3. The first-order chi connectivity index (χ1) is 9.79. The van der Waals surface area contributed by atoms with Gasteiger partial charge in [-0.05, 0) is 55.1 Å². The van der Waals surface area contributed by atoms with Crippen LogP contribution in [0.3, 0.4) is 0 Å². The van der Waals surface area contributed by atoms with Gasteiger partial charge in [0.25, 0.3) is 0 Å². The van der Waals surface area contributed by atoms with E-state index >= 15 is 0 Å². The summed E-state index contributed by atoms with van der Waals surface area (Å²) in [7, 11) is 0. The van der Waals surface area contributed by atoms with Crippen molar-refractivity contribution in [2.24, 2.45) is 11.8 Å². The van der Waals surface area contributed by atoms with Crippen molar-refractivity contribution in [2.45, 2.75) is 70.3 Å². The van der Waals surface area contributed by atoms with Crippen molar-refractivity contribution >= 4 is 0 Å². The lowest BCUT2D eigenvalue weighted by Gasteiger charge is -2.37. The molecule has 1 fully saturated rings. The molecule has 20 heavy (non-hydrogen) atoms. The lowest BCUT2D eigenvalue weighted by molar-refractivity contribution is 0.0459. The van der Waals surface area contributed by atoms with Gasteiger partial charge in [-0.25, -0.2) is 0 Å². The van der Waals surface area contributed by atoms with E-state index in [1.54, 1.807) is 0 Å². The van der Waals surface area contributed by atoms with Gasteiger partial charge in [0.05, 0.1) is 6.10 Å². The number of hydrogen-bond acceptors (Lipinski definition) is 1. The van der Waals surface area contributed by atoms with Crippen molar-refractivity contribution in [3.63, 3.8) is 0 Å². The van der Waals surface area contributed by atoms with Gasteiger partial charge in [-0.1, -0.05) is 50.5 Å². The third kappa shape index (κ3) is 2.79. The van der Waals surface area contributed by atoms with Crippen LogP contribution in [0.5, 0.6) is 0 Å². The molecule has 110 valence electrons. The molecule has 0 heterocycles. The fourth-order valence-electron chi connectivity index (χ4n) is 4.41. The van der Waals surface area contributed by atoms with Gasteiger partial charge in [0.15, 0.2) is 0 Å². The zero-order valence-electron chi connectivity index (χ0n) is 12.7. The first-order valence-corrected chi connectivity index (χ1v) is 8.55. The molecule has 3 rings (SSSR count). The first kappa shape index (κ1) is 14.1. The molecule has 2 aliphatic rings. The maximum absolute atomic E-state index is 10.9. The van der Waals surface area contributed by atoms with E-state index < -0.39 is 0 Å². The zero-order valence-corrected chi connectivity index (χ0v) is 12.7. The summed E-state index contributed by atoms with van der Waals surface area (Å²) >= 11 is 0. The largest absolute Gasteiger partial charge is 0.392 e. The standard InChI is InChI=1S/C19H28O/c1-2-14-10-12-16(13-11-14)19(20)18-9-5-7-15-6-3-4-8-17(15)18/h3-4,6,8,14,16,18-20H,2,5,7,9-13H2,1H3. The van der Waals surface area contributed by atoms with Crippen LogP contribution in [-0.2, 0) is 6.42 Å². The third-order valence-corrected chi connectivity index (χ3v) is 5.78. The molecular weight excluding hydrogens is 244 g/mol. The Kier molecular flexibility index (Phi) is 4.45. The molecule has 0 spiro atoms. The van der Waals surface area contributed by atoms with Crippen molar-refractivity contribution < 1.29 is 5.11 Å². The van der Waals surface area contributed by atoms with Crippen LogP contribution in [0, 0.1) is 11.8 Å². The van der Waals surface area contributed by atoms with E-state index in [0.29, 0.717) is 11.8 Å². The lowest BCUT2D eigenvalue weighted by Crippen LogP contribution is -2.32. The van der Waals surface area contributed by atoms with E-state index in [-0.39, 0.29) is 6.10 Å². The highest BCUT2D eigenvalue weighted by molar-refractivity contribution is 5.33. The van der Waals surface area contributed by atoms with E-state index in [4.69, 9.17) is 0 Å². The number of aliphatic hydroxyl groups is 1. The molecule has 0 aromatic heterocycles. The average molecular weight is 272 g/mol. The molecule has 1 aromatic rings. The minimum atomic E-state index is -0.116. The van der Waals surface area contributed by atoms with Gasteiger partial charge in [0.2, 0.25) is 0 Å². The van der Waals surface area contributed by atoms with Gasteiger partial charge in [-0.2, -0.15) is 0 Å². The summed E-state index contributed by atoms with van der Waals surface area (Å²) in [6, 6.07) is 8.78. The summed E-state index contributed by atoms with van der Waals surface area (Å²) in [4.78, 5) is 0. The second kappa shape index (κ2) is 6.30. The van der Waals surface area contributed by atoms with Gasteiger partial charge in [0, 0.05) is 5.92 Å². The highest BCUT2D eigenvalue weighted by Gasteiger charge is 2.33. The number of hydrogen-bond donors (Lipinski definition) is 1. The molecule has 0 radical (unpaired) electrons. The van der Waals surface area contributed by atoms with Crippen molar-refractivity contribution in [1.82, 2.24) is 0 Å². The van der Waals surface area contributed by atoms with E-state index in [9.17, 15) is 5.11 Å². The molecule has 1 aromatic carbocycles. The molecule has 2 unspecified atom stereocenters. The van der Waals surface area contributed by atoms with Crippen LogP contribution in [0.25, 0.3) is 0 Å². The monoisotopic (exact) mass is 272 g/mol. The van der Waals surface area contributed by atoms with Crippen LogP contribution in [0.15, 0.2) is 24.3 Å². The molecule has 0 bridgehead atoms. The highest BCUT2D eigenvalue weighted by atomic mass is 16.3. The van der Waals surface area contributed by atoms with Crippen LogP contribution >= 0.6 is 0 Å². The fraction of sp³-hybridized carbons (Fsp3) is 0.684. The van der Waals surface area contributed by atoms with Crippen LogP contribution < -0.4 is 0 Å². The maximum Gasteiger partial charge on any atom is 0.0636 e. The fourth-order valence-corrected chi connectivity index (χ4v) is 4.41. The van der Waals surface area contributed by atoms with Crippen molar-refractivity contribution in [2.75, 3.05) is 0 Å². The second-order valence-corrected chi connectivity index (χ2v) is 6.88. The van der Waals surface area contributed by atoms with Crippen molar-refractivity contribution in [3.05, 3.63) is 35.4 Å². The van der Waals surface area contributed by atoms with Crippen LogP contribution in [-0.4, -0.2) is 11.2 Å². The molecule has 1 heteroatoms. The zero-order chi connectivity index (χ0) is 13.9. The minimum Gasteiger partial charge on any atom is -0.392 e. The molecule has 0 aliphatic heterocycles. The van der Waals surface area contributed by atoms with E-state index in [2.05, 4.69) is 31.2 Å². The Bertz CT molecular complexity index is 431. The van der Waals surface area contributed by atoms with Gasteiger partial charge in [0.1, 0.15) is 0 Å². The van der Waals surface area contributed by atoms with Crippen LogP contribution in [0.2, 0.25) is 0 Å².